The highest BCUT2D eigenvalue weighted by Crippen LogP contribution is 2.22. The first-order valence-electron chi connectivity index (χ1n) is 7.17. The predicted octanol–water partition coefficient (Wildman–Crippen LogP) is 2.80. The van der Waals surface area contributed by atoms with Crippen LogP contribution in [0.4, 0.5) is 5.69 Å². The molecular formula is C18H19N3O3S. The molecule has 0 aliphatic rings. The fourth-order valence-electron chi connectivity index (χ4n) is 2.36. The monoisotopic (exact) mass is 357 g/mol. The number of nitrogen functional groups attached to an aromatic ring is 1. The summed E-state index contributed by atoms with van der Waals surface area (Å²) in [4.78, 5) is 15.3. The van der Waals surface area contributed by atoms with Crippen molar-refractivity contribution in [3.8, 4) is 0 Å². The molecule has 3 aromatic rings. The normalized spacial score (nSPS) is 10.9. The first-order chi connectivity index (χ1) is 11.5. The van der Waals surface area contributed by atoms with Gasteiger partial charge in [-0.15, -0.1) is 0 Å². The summed E-state index contributed by atoms with van der Waals surface area (Å²) in [5, 5.41) is -0.168. The van der Waals surface area contributed by atoms with Crippen LogP contribution in [0, 0.1) is 0 Å². The van der Waals surface area contributed by atoms with Gasteiger partial charge in [0.05, 0.1) is 17.6 Å². The van der Waals surface area contributed by atoms with Crippen molar-refractivity contribution in [3.05, 3.63) is 72.1 Å². The van der Waals surface area contributed by atoms with Gasteiger partial charge in [-0.25, -0.2) is 13.4 Å². The van der Waals surface area contributed by atoms with Crippen molar-refractivity contribution in [2.75, 3.05) is 5.73 Å². The lowest BCUT2D eigenvalue weighted by Gasteiger charge is -2.10. The zero-order valence-electron chi connectivity index (χ0n) is 12.7. The molecule has 0 bridgehead atoms. The minimum Gasteiger partial charge on any atom is -0.399 e. The summed E-state index contributed by atoms with van der Waals surface area (Å²) in [5.41, 5.74) is 7.14. The van der Waals surface area contributed by atoms with Crippen molar-refractivity contribution in [1.82, 2.24) is 9.55 Å². The molecule has 2 N–H and O–H groups in total. The average molecular weight is 357 g/mol. The topological polar surface area (TPSA) is 95.1 Å². The third-order valence-electron chi connectivity index (χ3n) is 3.58. The number of imidazole rings is 1. The number of nitrogens with two attached hydrogens (primary N) is 1. The van der Waals surface area contributed by atoms with Crippen molar-refractivity contribution in [2.24, 2.45) is 0 Å². The second kappa shape index (κ2) is 7.31. The van der Waals surface area contributed by atoms with Crippen molar-refractivity contribution < 1.29 is 13.2 Å². The number of aldehydes is 1. The SMILES string of the molecule is C.Nc1ccc(S(=O)(=O)c2ncc(C=O)n2Cc2ccccc2)cc1. The molecule has 1 aromatic heterocycles. The summed E-state index contributed by atoms with van der Waals surface area (Å²) < 4.78 is 27.1. The Morgan fingerprint density at radius 2 is 1.68 bits per heavy atom. The highest BCUT2D eigenvalue weighted by atomic mass is 32.2. The molecule has 0 atom stereocenters. The molecule has 2 aromatic carbocycles. The highest BCUT2D eigenvalue weighted by Gasteiger charge is 2.25. The minimum absolute atomic E-state index is 0. The molecule has 0 radical (unpaired) electrons. The molecule has 0 fully saturated rings. The second-order valence-electron chi connectivity index (χ2n) is 5.23. The van der Waals surface area contributed by atoms with Gasteiger partial charge in [0.1, 0.15) is 5.69 Å². The molecule has 0 unspecified atom stereocenters. The molecule has 25 heavy (non-hydrogen) atoms. The van der Waals surface area contributed by atoms with E-state index in [0.29, 0.717) is 12.0 Å². The van der Waals surface area contributed by atoms with E-state index in [1.54, 1.807) is 0 Å². The van der Waals surface area contributed by atoms with E-state index in [2.05, 4.69) is 4.98 Å². The highest BCUT2D eigenvalue weighted by molar-refractivity contribution is 7.91. The number of aromatic nitrogens is 2. The van der Waals surface area contributed by atoms with Gasteiger partial charge in [0.2, 0.25) is 15.0 Å². The summed E-state index contributed by atoms with van der Waals surface area (Å²) in [6, 6.07) is 15.1. The first kappa shape index (κ1) is 18.4. The van der Waals surface area contributed by atoms with E-state index >= 15 is 0 Å². The van der Waals surface area contributed by atoms with Crippen LogP contribution in [0.1, 0.15) is 23.5 Å². The molecule has 0 amide bonds. The Kier molecular flexibility index (Phi) is 5.38. The zero-order chi connectivity index (χ0) is 17.2. The maximum Gasteiger partial charge on any atom is 0.240 e. The van der Waals surface area contributed by atoms with Gasteiger partial charge in [-0.05, 0) is 29.8 Å². The van der Waals surface area contributed by atoms with E-state index in [9.17, 15) is 13.2 Å². The number of anilines is 1. The van der Waals surface area contributed by atoms with E-state index in [1.807, 2.05) is 30.3 Å². The lowest BCUT2D eigenvalue weighted by atomic mass is 10.2. The quantitative estimate of drug-likeness (QED) is 0.559. The molecular weight excluding hydrogens is 338 g/mol. The van der Waals surface area contributed by atoms with Crippen LogP contribution in [-0.2, 0) is 16.4 Å². The van der Waals surface area contributed by atoms with Crippen molar-refractivity contribution in [3.63, 3.8) is 0 Å². The van der Waals surface area contributed by atoms with Gasteiger partial charge in [0, 0.05) is 5.69 Å². The second-order valence-corrected chi connectivity index (χ2v) is 7.07. The first-order valence-corrected chi connectivity index (χ1v) is 8.66. The average Bonchev–Trinajstić information content (AvgIpc) is 2.99. The number of hydrogen-bond acceptors (Lipinski definition) is 5. The van der Waals surface area contributed by atoms with Gasteiger partial charge in [0.25, 0.3) is 0 Å². The number of sulfone groups is 1. The van der Waals surface area contributed by atoms with Crippen LogP contribution < -0.4 is 5.73 Å². The summed E-state index contributed by atoms with van der Waals surface area (Å²) in [5.74, 6) is 0. The molecule has 130 valence electrons. The zero-order valence-corrected chi connectivity index (χ0v) is 13.5. The Balaban J connectivity index is 0.00000225. The Bertz CT molecular complexity index is 963. The molecule has 0 aliphatic heterocycles. The lowest BCUT2D eigenvalue weighted by Crippen LogP contribution is -2.14. The van der Waals surface area contributed by atoms with Crippen molar-refractivity contribution >= 4 is 21.8 Å². The summed E-state index contributed by atoms with van der Waals surface area (Å²) in [6.45, 7) is 0.235. The minimum atomic E-state index is -3.86. The van der Waals surface area contributed by atoms with Crippen LogP contribution in [0.2, 0.25) is 0 Å². The predicted molar refractivity (Wildman–Crippen MR) is 96.2 cm³/mol. The van der Waals surface area contributed by atoms with E-state index in [-0.39, 0.29) is 29.7 Å². The van der Waals surface area contributed by atoms with E-state index in [4.69, 9.17) is 5.73 Å². The van der Waals surface area contributed by atoms with Gasteiger partial charge in [-0.2, -0.15) is 0 Å². The fourth-order valence-corrected chi connectivity index (χ4v) is 3.71. The summed E-state index contributed by atoms with van der Waals surface area (Å²) in [6.07, 6.45) is 1.86. The Hall–Kier alpha value is -2.93. The van der Waals surface area contributed by atoms with Crippen LogP contribution in [0.5, 0.6) is 0 Å². The molecule has 7 heteroatoms. The maximum absolute atomic E-state index is 12.8. The van der Waals surface area contributed by atoms with E-state index in [0.717, 1.165) is 5.56 Å². The maximum atomic E-state index is 12.8. The molecule has 6 nitrogen and oxygen atoms in total. The van der Waals surface area contributed by atoms with Gasteiger partial charge < -0.3 is 10.3 Å². The fraction of sp³-hybridized carbons (Fsp3) is 0.111. The largest absolute Gasteiger partial charge is 0.399 e. The van der Waals surface area contributed by atoms with Gasteiger partial charge in [-0.3, -0.25) is 4.79 Å². The Labute approximate surface area is 146 Å². The molecule has 3 rings (SSSR count). The van der Waals surface area contributed by atoms with Crippen molar-refractivity contribution in [1.29, 1.82) is 0 Å². The van der Waals surface area contributed by atoms with Gasteiger partial charge in [-0.1, -0.05) is 37.8 Å². The van der Waals surface area contributed by atoms with Crippen molar-refractivity contribution in [2.45, 2.75) is 24.0 Å². The molecule has 0 saturated heterocycles. The van der Waals surface area contributed by atoms with E-state index in [1.165, 1.54) is 35.0 Å². The van der Waals surface area contributed by atoms with Crippen LogP contribution in [0.15, 0.2) is 70.8 Å². The smallest absolute Gasteiger partial charge is 0.240 e. The van der Waals surface area contributed by atoms with Crippen LogP contribution in [-0.4, -0.2) is 24.3 Å². The number of benzene rings is 2. The third kappa shape index (κ3) is 3.61. The third-order valence-corrected chi connectivity index (χ3v) is 5.28. The number of hydrogen-bond donors (Lipinski definition) is 1. The standard InChI is InChI=1S/C17H15N3O3S.CH4/c18-14-6-8-16(9-7-14)24(22,23)17-19-10-15(12-21)20(17)11-13-4-2-1-3-5-13;/h1-10,12H,11,18H2;1H4. The van der Waals surface area contributed by atoms with Gasteiger partial charge in [0.15, 0.2) is 6.29 Å². The number of carbonyl (C=O) groups excluding carboxylic acids is 1. The van der Waals surface area contributed by atoms with Crippen LogP contribution >= 0.6 is 0 Å². The van der Waals surface area contributed by atoms with Gasteiger partial charge >= 0.3 is 0 Å². The molecule has 0 spiro atoms. The lowest BCUT2D eigenvalue weighted by molar-refractivity contribution is 0.111. The van der Waals surface area contributed by atoms with Crippen LogP contribution in [0.25, 0.3) is 0 Å². The number of rotatable bonds is 5. The van der Waals surface area contributed by atoms with E-state index < -0.39 is 9.84 Å². The number of nitrogens with zero attached hydrogens (tertiary/aromatic N) is 2. The summed E-state index contributed by atoms with van der Waals surface area (Å²) in [7, 11) is -3.86. The molecule has 0 saturated carbocycles. The Morgan fingerprint density at radius 1 is 1.04 bits per heavy atom. The molecule has 1 heterocycles. The summed E-state index contributed by atoms with van der Waals surface area (Å²) >= 11 is 0. The van der Waals surface area contributed by atoms with Crippen LogP contribution in [0.3, 0.4) is 0 Å². The number of carbonyl (C=O) groups is 1. The Morgan fingerprint density at radius 3 is 2.28 bits per heavy atom. The molecule has 0 aliphatic carbocycles.